The monoisotopic (exact) mass is 670 g/mol. The van der Waals surface area contributed by atoms with E-state index in [1.165, 1.54) is 6.08 Å². The number of carbonyl (C=O) groups is 1. The van der Waals surface area contributed by atoms with E-state index >= 15 is 0 Å². The zero-order valence-corrected chi connectivity index (χ0v) is 23.1. The number of halogens is 4. The number of ether oxygens (including phenoxy) is 2. The van der Waals surface area contributed by atoms with Gasteiger partial charge in [0.25, 0.3) is 5.91 Å². The van der Waals surface area contributed by atoms with Gasteiger partial charge >= 0.3 is 0 Å². The Morgan fingerprint density at radius 3 is 2.53 bits per heavy atom. The van der Waals surface area contributed by atoms with E-state index in [1.807, 2.05) is 19.1 Å². The zero-order valence-electron chi connectivity index (χ0n) is 17.9. The van der Waals surface area contributed by atoms with Crippen LogP contribution in [0.2, 0.25) is 10.0 Å². The lowest BCUT2D eigenvalue weighted by molar-refractivity contribution is -0.112. The van der Waals surface area contributed by atoms with E-state index in [9.17, 15) is 10.1 Å². The van der Waals surface area contributed by atoms with Crippen molar-refractivity contribution in [2.24, 2.45) is 0 Å². The quantitative estimate of drug-likeness (QED) is 0.150. The minimum atomic E-state index is -0.504. The summed E-state index contributed by atoms with van der Waals surface area (Å²) in [6.07, 6.45) is 1.51. The molecule has 1 amide bonds. The van der Waals surface area contributed by atoms with Crippen LogP contribution in [0, 0.1) is 14.9 Å². The SMILES string of the molecule is CCOc1cc(/C=C(\C#N)C(=O)Nc2ccc(Br)cc2)cc(I)c1OCc1ccc(Cl)cc1Cl. The van der Waals surface area contributed by atoms with Crippen molar-refractivity contribution in [2.45, 2.75) is 13.5 Å². The van der Waals surface area contributed by atoms with Gasteiger partial charge in [-0.3, -0.25) is 4.79 Å². The Kier molecular flexibility index (Phi) is 9.65. The molecule has 9 heteroatoms. The summed E-state index contributed by atoms with van der Waals surface area (Å²) in [4.78, 5) is 12.6. The van der Waals surface area contributed by atoms with Crippen LogP contribution in [-0.2, 0) is 11.4 Å². The average molecular weight is 672 g/mol. The Hall–Kier alpha value is -2.25. The van der Waals surface area contributed by atoms with Crippen LogP contribution in [0.5, 0.6) is 11.5 Å². The summed E-state index contributed by atoms with van der Waals surface area (Å²) in [6.45, 7) is 2.50. The molecule has 1 N–H and O–H groups in total. The van der Waals surface area contributed by atoms with Crippen LogP contribution in [0.4, 0.5) is 5.69 Å². The first-order valence-corrected chi connectivity index (χ1v) is 12.6. The van der Waals surface area contributed by atoms with Crippen molar-refractivity contribution in [1.29, 1.82) is 5.26 Å². The molecular weight excluding hydrogens is 654 g/mol. The third-order valence-corrected chi connectivity index (χ3v) is 6.41. The van der Waals surface area contributed by atoms with Crippen molar-refractivity contribution in [1.82, 2.24) is 0 Å². The van der Waals surface area contributed by atoms with Crippen LogP contribution in [0.25, 0.3) is 6.08 Å². The van der Waals surface area contributed by atoms with Crippen molar-refractivity contribution in [3.05, 3.63) is 89.4 Å². The molecule has 0 heterocycles. The molecule has 34 heavy (non-hydrogen) atoms. The van der Waals surface area contributed by atoms with Gasteiger partial charge in [0.2, 0.25) is 0 Å². The van der Waals surface area contributed by atoms with Gasteiger partial charge in [0.1, 0.15) is 18.2 Å². The lowest BCUT2D eigenvalue weighted by Crippen LogP contribution is -2.13. The fourth-order valence-corrected chi connectivity index (χ4v) is 4.42. The molecule has 174 valence electrons. The van der Waals surface area contributed by atoms with E-state index in [0.29, 0.717) is 39.4 Å². The fourth-order valence-electron chi connectivity index (χ4n) is 2.91. The Bertz CT molecular complexity index is 1270. The molecule has 0 spiro atoms. The summed E-state index contributed by atoms with van der Waals surface area (Å²) < 4.78 is 13.4. The number of amides is 1. The molecule has 0 aliphatic rings. The highest BCUT2D eigenvalue weighted by molar-refractivity contribution is 14.1. The van der Waals surface area contributed by atoms with Crippen LogP contribution in [0.15, 0.2) is 64.6 Å². The Morgan fingerprint density at radius 2 is 1.88 bits per heavy atom. The lowest BCUT2D eigenvalue weighted by Gasteiger charge is -2.15. The van der Waals surface area contributed by atoms with Crippen LogP contribution >= 0.6 is 61.7 Å². The summed E-state index contributed by atoms with van der Waals surface area (Å²) in [5.41, 5.74) is 1.96. The van der Waals surface area contributed by atoms with Gasteiger partial charge in [0.15, 0.2) is 11.5 Å². The second kappa shape index (κ2) is 12.5. The van der Waals surface area contributed by atoms with Gasteiger partial charge < -0.3 is 14.8 Å². The smallest absolute Gasteiger partial charge is 0.266 e. The summed E-state index contributed by atoms with van der Waals surface area (Å²) in [5.74, 6) is 0.537. The van der Waals surface area contributed by atoms with Gasteiger partial charge in [-0.2, -0.15) is 5.26 Å². The number of nitrogens with one attached hydrogen (secondary N) is 1. The van der Waals surface area contributed by atoms with E-state index in [2.05, 4.69) is 43.8 Å². The van der Waals surface area contributed by atoms with Crippen molar-refractivity contribution in [3.63, 3.8) is 0 Å². The number of hydrogen-bond acceptors (Lipinski definition) is 4. The van der Waals surface area contributed by atoms with Gasteiger partial charge in [-0.15, -0.1) is 0 Å². The van der Waals surface area contributed by atoms with E-state index in [4.69, 9.17) is 32.7 Å². The molecule has 3 aromatic rings. The third kappa shape index (κ3) is 7.12. The molecular formula is C25H18BrCl2IN2O3. The summed E-state index contributed by atoms with van der Waals surface area (Å²) >= 11 is 17.7. The molecule has 0 aromatic heterocycles. The molecule has 0 atom stereocenters. The van der Waals surface area contributed by atoms with Crippen LogP contribution in [0.1, 0.15) is 18.1 Å². The third-order valence-electron chi connectivity index (χ3n) is 4.50. The highest BCUT2D eigenvalue weighted by atomic mass is 127. The van der Waals surface area contributed by atoms with E-state index in [0.717, 1.165) is 13.6 Å². The van der Waals surface area contributed by atoms with Gasteiger partial charge in [-0.1, -0.05) is 45.2 Å². The van der Waals surface area contributed by atoms with Crippen LogP contribution in [-0.4, -0.2) is 12.5 Å². The number of hydrogen-bond donors (Lipinski definition) is 1. The maximum atomic E-state index is 12.6. The normalized spacial score (nSPS) is 11.0. The van der Waals surface area contributed by atoms with Crippen molar-refractivity contribution < 1.29 is 14.3 Å². The molecule has 0 aliphatic heterocycles. The first kappa shape index (κ1) is 26.4. The number of rotatable bonds is 8. The summed E-state index contributed by atoms with van der Waals surface area (Å²) in [6, 6.07) is 17.8. The number of carbonyl (C=O) groups excluding carboxylic acids is 1. The molecule has 0 fully saturated rings. The zero-order chi connectivity index (χ0) is 24.7. The molecule has 0 bridgehead atoms. The Morgan fingerprint density at radius 1 is 1.15 bits per heavy atom. The van der Waals surface area contributed by atoms with Gasteiger partial charge in [0.05, 0.1) is 10.2 Å². The molecule has 0 unspecified atom stereocenters. The maximum absolute atomic E-state index is 12.6. The predicted octanol–water partition coefficient (Wildman–Crippen LogP) is 7.88. The topological polar surface area (TPSA) is 71.3 Å². The Labute approximate surface area is 229 Å². The van der Waals surface area contributed by atoms with Gasteiger partial charge in [-0.05, 0) is 89.7 Å². The number of nitrogens with zero attached hydrogens (tertiary/aromatic N) is 1. The molecule has 0 radical (unpaired) electrons. The number of benzene rings is 3. The van der Waals surface area contributed by atoms with Crippen molar-refractivity contribution in [2.75, 3.05) is 11.9 Å². The molecule has 5 nitrogen and oxygen atoms in total. The first-order valence-electron chi connectivity index (χ1n) is 10.0. The first-order chi connectivity index (χ1) is 16.3. The average Bonchev–Trinajstić information content (AvgIpc) is 2.79. The second-order valence-electron chi connectivity index (χ2n) is 6.92. The second-order valence-corrected chi connectivity index (χ2v) is 9.84. The highest BCUT2D eigenvalue weighted by Crippen LogP contribution is 2.36. The maximum Gasteiger partial charge on any atom is 0.266 e. The minimum Gasteiger partial charge on any atom is -0.490 e. The van der Waals surface area contributed by atoms with E-state index < -0.39 is 5.91 Å². The van der Waals surface area contributed by atoms with Crippen LogP contribution in [0.3, 0.4) is 0 Å². The minimum absolute atomic E-state index is 0.0391. The predicted molar refractivity (Wildman–Crippen MR) is 147 cm³/mol. The van der Waals surface area contributed by atoms with Crippen LogP contribution < -0.4 is 14.8 Å². The Balaban J connectivity index is 1.85. The summed E-state index contributed by atoms with van der Waals surface area (Å²) in [7, 11) is 0. The number of nitriles is 1. The summed E-state index contributed by atoms with van der Waals surface area (Å²) in [5, 5.41) is 13.3. The van der Waals surface area contributed by atoms with E-state index in [1.54, 1.807) is 48.5 Å². The lowest BCUT2D eigenvalue weighted by atomic mass is 10.1. The van der Waals surface area contributed by atoms with E-state index in [-0.39, 0.29) is 12.2 Å². The largest absolute Gasteiger partial charge is 0.490 e. The van der Waals surface area contributed by atoms with Crippen molar-refractivity contribution in [3.8, 4) is 17.6 Å². The molecule has 0 aliphatic carbocycles. The molecule has 0 saturated carbocycles. The molecule has 3 rings (SSSR count). The highest BCUT2D eigenvalue weighted by Gasteiger charge is 2.15. The number of anilines is 1. The molecule has 3 aromatic carbocycles. The standard InChI is InChI=1S/C25H18BrCl2IN2O3/c1-2-33-23-11-15(9-17(13-30)25(32)31-20-7-4-18(26)5-8-20)10-22(29)24(23)34-14-16-3-6-19(27)12-21(16)28/h3-12H,2,14H2,1H3,(H,31,32)/b17-9+. The fraction of sp³-hybridized carbons (Fsp3) is 0.120. The molecule has 0 saturated heterocycles. The van der Waals surface area contributed by atoms with Crippen molar-refractivity contribution >= 4 is 79.4 Å². The van der Waals surface area contributed by atoms with Gasteiger partial charge in [0, 0.05) is 25.8 Å². The van der Waals surface area contributed by atoms with Gasteiger partial charge in [-0.25, -0.2) is 0 Å².